The van der Waals surface area contributed by atoms with E-state index in [1.807, 2.05) is 0 Å². The molecule has 0 atom stereocenters. The molecule has 4 N–H and O–H groups in total. The minimum atomic E-state index is -0.750. The van der Waals surface area contributed by atoms with Crippen LogP contribution in [-0.4, -0.2) is 16.1 Å². The fraction of sp³-hybridized carbons (Fsp3) is 0. The van der Waals surface area contributed by atoms with Gasteiger partial charge in [-0.25, -0.2) is 5.21 Å². The second kappa shape index (κ2) is 8.82. The number of nitrogens with two attached hydrogens (primary N) is 1. The van der Waals surface area contributed by atoms with E-state index in [2.05, 4.69) is 12.4 Å². The van der Waals surface area contributed by atoms with Crippen molar-refractivity contribution in [3.63, 3.8) is 0 Å². The third kappa shape index (κ3) is 17.9. The quantitative estimate of drug-likeness (QED) is 0.219. The largest absolute Gasteiger partial charge is 0.352 e. The fourth-order valence-electron chi connectivity index (χ4n) is 0. The Labute approximate surface area is 40.1 Å². The first-order valence-electron chi connectivity index (χ1n) is 1.24. The third-order valence-corrected chi connectivity index (χ3v) is 0. The van der Waals surface area contributed by atoms with Gasteiger partial charge in [-0.1, -0.05) is 0 Å². The summed E-state index contributed by atoms with van der Waals surface area (Å²) in [6.07, 6.45) is 0. The van der Waals surface area contributed by atoms with Gasteiger partial charge in [-0.2, -0.15) is 0 Å². The van der Waals surface area contributed by atoms with Gasteiger partial charge in [0.25, 0.3) is 0 Å². The molecule has 7 heavy (non-hydrogen) atoms. The van der Waals surface area contributed by atoms with E-state index >= 15 is 0 Å². The van der Waals surface area contributed by atoms with Crippen molar-refractivity contribution in [2.24, 2.45) is 5.84 Å². The molecule has 0 aromatic heterocycles. The van der Waals surface area contributed by atoms with Gasteiger partial charge >= 0.3 is 5.03 Å². The van der Waals surface area contributed by atoms with Crippen LogP contribution in [0.15, 0.2) is 6.58 Å². The number of hydrogen-bond donors (Lipinski definition) is 3. The molecule has 0 aromatic rings. The normalized spacial score (nSPS) is 4.57. The summed E-state index contributed by atoms with van der Waals surface area (Å²) in [7, 11) is 0. The highest BCUT2D eigenvalue weighted by molar-refractivity contribution is 5.41. The van der Waals surface area contributed by atoms with Crippen LogP contribution in [0, 0.1) is 10.3 Å². The minimum absolute atomic E-state index is 0.750. The monoisotopic (exact) mass is 104 g/mol. The first kappa shape index (κ1) is 9.17. The van der Waals surface area contributed by atoms with Crippen LogP contribution < -0.4 is 5.84 Å². The maximum absolute atomic E-state index is 8.69. The first-order valence-corrected chi connectivity index (χ1v) is 1.24. The summed E-state index contributed by atoms with van der Waals surface area (Å²) in [5, 5.41) is 12.2. The molecule has 5 heteroatoms. The molecule has 40 valence electrons. The van der Waals surface area contributed by atoms with Crippen LogP contribution in [-0.2, 0) is 0 Å². The van der Waals surface area contributed by atoms with Crippen molar-refractivity contribution in [1.29, 1.82) is 5.41 Å². The van der Waals surface area contributed by atoms with Crippen molar-refractivity contribution in [3.8, 4) is 0 Å². The topological polar surface area (TPSA) is 90.2 Å². The van der Waals surface area contributed by atoms with Crippen LogP contribution in [0.5, 0.6) is 0 Å². The van der Waals surface area contributed by atoms with Crippen LogP contribution in [0.3, 0.4) is 0 Å². The van der Waals surface area contributed by atoms with Gasteiger partial charge in [0, 0.05) is 0 Å². The highest BCUT2D eigenvalue weighted by Gasteiger charge is 1.72. The Morgan fingerprint density at radius 1 is 2.00 bits per heavy atom. The smallest absolute Gasteiger partial charge is 0.259 e. The maximum Gasteiger partial charge on any atom is 0.352 e. The van der Waals surface area contributed by atoms with Crippen LogP contribution in [0.4, 0.5) is 0 Å². The van der Waals surface area contributed by atoms with E-state index < -0.39 is 5.03 Å². The van der Waals surface area contributed by atoms with E-state index in [-0.39, 0.29) is 0 Å². The van der Waals surface area contributed by atoms with Crippen molar-refractivity contribution >= 4 is 5.87 Å². The van der Waals surface area contributed by atoms with E-state index in [1.54, 1.807) is 5.87 Å². The lowest BCUT2D eigenvalue weighted by Crippen LogP contribution is -2.08. The summed E-state index contributed by atoms with van der Waals surface area (Å²) < 4.78 is 0. The molecule has 0 aliphatic rings. The lowest BCUT2D eigenvalue weighted by molar-refractivity contribution is -0.801. The summed E-state index contributed by atoms with van der Waals surface area (Å²) in [6, 6.07) is 0. The Balaban J connectivity index is 0. The summed E-state index contributed by atoms with van der Waals surface area (Å²) in [5.74, 6) is 5.69. The SMILES string of the molecule is C=C=N.N[N+](=O)O. The average molecular weight is 104 g/mol. The molecule has 0 aliphatic carbocycles. The van der Waals surface area contributed by atoms with Crippen LogP contribution >= 0.6 is 0 Å². The predicted octanol–water partition coefficient (Wildman–Crippen LogP) is -0.551. The van der Waals surface area contributed by atoms with Crippen molar-refractivity contribution in [1.82, 2.24) is 0 Å². The Morgan fingerprint density at radius 2 is 2.00 bits per heavy atom. The molecular weight excluding hydrogens is 98.0 g/mol. The van der Waals surface area contributed by atoms with Gasteiger partial charge in [-0.05, 0) is 12.4 Å². The summed E-state index contributed by atoms with van der Waals surface area (Å²) in [6.45, 7) is 2.90. The van der Waals surface area contributed by atoms with Gasteiger partial charge in [0.1, 0.15) is 4.91 Å². The van der Waals surface area contributed by atoms with Gasteiger partial charge in [0.2, 0.25) is 0 Å². The molecule has 0 heterocycles. The highest BCUT2D eigenvalue weighted by Crippen LogP contribution is 1.21. The number of rotatable bonds is 0. The fourth-order valence-corrected chi connectivity index (χ4v) is 0. The second-order valence-corrected chi connectivity index (χ2v) is 0.479. The van der Waals surface area contributed by atoms with Crippen molar-refractivity contribution in [2.45, 2.75) is 0 Å². The van der Waals surface area contributed by atoms with E-state index in [4.69, 9.17) is 15.5 Å². The van der Waals surface area contributed by atoms with E-state index in [0.29, 0.717) is 0 Å². The zero-order valence-electron chi connectivity index (χ0n) is 3.59. The molecule has 0 spiro atoms. The Morgan fingerprint density at radius 3 is 2.00 bits per heavy atom. The summed E-state index contributed by atoms with van der Waals surface area (Å²) in [5.41, 5.74) is 0. The molecule has 0 unspecified atom stereocenters. The zero-order chi connectivity index (χ0) is 6.28. The molecule has 0 radical (unpaired) electrons. The lowest BCUT2D eigenvalue weighted by Gasteiger charge is -1.48. The van der Waals surface area contributed by atoms with Crippen LogP contribution in [0.1, 0.15) is 0 Å². The summed E-state index contributed by atoms with van der Waals surface area (Å²) in [4.78, 5) is 8.69. The van der Waals surface area contributed by atoms with Crippen LogP contribution in [0.25, 0.3) is 0 Å². The predicted molar refractivity (Wildman–Crippen MR) is 23.0 cm³/mol. The highest BCUT2D eigenvalue weighted by atomic mass is 16.7. The Bertz CT molecular complexity index is 78.9. The van der Waals surface area contributed by atoms with E-state index in [1.165, 1.54) is 0 Å². The second-order valence-electron chi connectivity index (χ2n) is 0.479. The van der Waals surface area contributed by atoms with E-state index in [9.17, 15) is 0 Å². The average Bonchev–Trinajstić information content (AvgIpc) is 1.33. The third-order valence-electron chi connectivity index (χ3n) is 0. The molecule has 5 nitrogen and oxygen atoms in total. The molecule has 0 aliphatic heterocycles. The zero-order valence-corrected chi connectivity index (χ0v) is 3.59. The van der Waals surface area contributed by atoms with Gasteiger partial charge in [-0.3, -0.25) is 5.41 Å². The molecule has 0 aromatic carbocycles. The molecule has 0 fully saturated rings. The number of nitrogens with one attached hydrogen (secondary N) is 1. The standard InChI is InChI=1S/C2H3N.H3N2O2/c1-2-3;1-2(3)4/h3H,1H2;1H2,(H,3,4)/q;+1. The molecule has 0 amide bonds. The number of hydrazine groups is 1. The molecule has 0 saturated heterocycles. The van der Waals surface area contributed by atoms with Gasteiger partial charge in [0.15, 0.2) is 0 Å². The van der Waals surface area contributed by atoms with Crippen molar-refractivity contribution in [2.75, 3.05) is 0 Å². The van der Waals surface area contributed by atoms with Gasteiger partial charge in [0.05, 0.1) is 0 Å². The molecule has 0 rings (SSSR count). The lowest BCUT2D eigenvalue weighted by atomic mass is 11.2. The number of hydrogen-bond acceptors (Lipinski definition) is 2. The maximum atomic E-state index is 8.69. The first-order chi connectivity index (χ1) is 3.15. The minimum Gasteiger partial charge on any atom is -0.259 e. The van der Waals surface area contributed by atoms with E-state index in [0.717, 1.165) is 0 Å². The Hall–Kier alpha value is -1.35. The molecule has 0 bridgehead atoms. The van der Waals surface area contributed by atoms with Gasteiger partial charge < -0.3 is 0 Å². The van der Waals surface area contributed by atoms with Crippen LogP contribution in [0.2, 0.25) is 0 Å². The van der Waals surface area contributed by atoms with Crippen molar-refractivity contribution < 1.29 is 10.2 Å². The molecular formula is C2H6N3O2+. The van der Waals surface area contributed by atoms with Gasteiger partial charge in [-0.15, -0.1) is 5.84 Å². The molecule has 0 saturated carbocycles. The number of nitrogens with zero attached hydrogens (tertiary/aromatic N) is 1. The Kier molecular flexibility index (Phi) is 11.6. The van der Waals surface area contributed by atoms with Crippen molar-refractivity contribution in [3.05, 3.63) is 11.5 Å². The summed E-state index contributed by atoms with van der Waals surface area (Å²) >= 11 is 0.